The van der Waals surface area contributed by atoms with E-state index in [0.29, 0.717) is 0 Å². The van der Waals surface area contributed by atoms with Crippen molar-refractivity contribution in [3.8, 4) is 5.75 Å². The van der Waals surface area contributed by atoms with Crippen molar-refractivity contribution in [2.24, 2.45) is 0 Å². The summed E-state index contributed by atoms with van der Waals surface area (Å²) in [5, 5.41) is 18.2. The van der Waals surface area contributed by atoms with Crippen molar-refractivity contribution in [2.75, 3.05) is 0 Å². The molecule has 0 radical (unpaired) electrons. The molecule has 1 aromatic carbocycles. The maximum atomic E-state index is 10.4. The molecule has 2 atom stereocenters. The zero-order valence-corrected chi connectivity index (χ0v) is 6.86. The smallest absolute Gasteiger partial charge is 0.187 e. The fraction of sp³-hybridized carbons (Fsp3) is 0.143. The van der Waals surface area contributed by atoms with Gasteiger partial charge in [0.15, 0.2) is 16.5 Å². The summed E-state index contributed by atoms with van der Waals surface area (Å²) >= 11 is -2.38. The number of aliphatic hydroxyl groups excluding tert-OH is 1. The van der Waals surface area contributed by atoms with Gasteiger partial charge in [-0.15, -0.1) is 0 Å². The molecule has 66 valence electrons. The van der Waals surface area contributed by atoms with Crippen molar-refractivity contribution in [3.05, 3.63) is 29.8 Å². The van der Waals surface area contributed by atoms with Crippen LogP contribution in [0.25, 0.3) is 0 Å². The van der Waals surface area contributed by atoms with E-state index in [4.69, 9.17) is 14.8 Å². The molecule has 1 rings (SSSR count). The summed E-state index contributed by atoms with van der Waals surface area (Å²) in [6.45, 7) is 0. The lowest BCUT2D eigenvalue weighted by Crippen LogP contribution is -2.03. The van der Waals surface area contributed by atoms with E-state index < -0.39 is 16.5 Å². The fourth-order valence-corrected chi connectivity index (χ4v) is 1.22. The molecule has 5 heteroatoms. The number of phenols is 1. The van der Waals surface area contributed by atoms with Crippen LogP contribution in [0.3, 0.4) is 0 Å². The number of para-hydroxylation sites is 1. The number of phenolic OH excluding ortho intramolecular Hbond substituents is 1. The molecule has 0 saturated heterocycles. The normalized spacial score (nSPS) is 15.5. The number of rotatable bonds is 2. The summed E-state index contributed by atoms with van der Waals surface area (Å²) in [6.07, 6.45) is 0. The van der Waals surface area contributed by atoms with Crippen LogP contribution in [0.15, 0.2) is 24.3 Å². The Morgan fingerprint density at radius 2 is 1.92 bits per heavy atom. The summed E-state index contributed by atoms with van der Waals surface area (Å²) in [6, 6.07) is 5.84. The standard InChI is InChI=1S/C7H8O4S/c8-6-4-2-1-3-5(6)7(9)12(10)11/h1-4,7-9H,(H,10,11). The lowest BCUT2D eigenvalue weighted by molar-refractivity contribution is 0.246. The number of benzene rings is 1. The number of aromatic hydroxyl groups is 1. The van der Waals surface area contributed by atoms with Gasteiger partial charge in [0.25, 0.3) is 0 Å². The zero-order chi connectivity index (χ0) is 9.14. The van der Waals surface area contributed by atoms with Crippen molar-refractivity contribution in [3.63, 3.8) is 0 Å². The Balaban J connectivity index is 3.02. The average molecular weight is 188 g/mol. The molecular formula is C7H8O4S. The third-order valence-corrected chi connectivity index (χ3v) is 2.03. The minimum absolute atomic E-state index is 0.0540. The largest absolute Gasteiger partial charge is 0.508 e. The summed E-state index contributed by atoms with van der Waals surface area (Å²) < 4.78 is 18.9. The van der Waals surface area contributed by atoms with E-state index >= 15 is 0 Å². The second-order valence-electron chi connectivity index (χ2n) is 2.19. The van der Waals surface area contributed by atoms with Crippen LogP contribution in [0, 0.1) is 0 Å². The molecule has 0 spiro atoms. The quantitative estimate of drug-likeness (QED) is 0.594. The van der Waals surface area contributed by atoms with Crippen molar-refractivity contribution < 1.29 is 19.0 Å². The first-order valence-electron chi connectivity index (χ1n) is 3.18. The topological polar surface area (TPSA) is 77.8 Å². The first-order chi connectivity index (χ1) is 5.63. The van der Waals surface area contributed by atoms with Crippen molar-refractivity contribution >= 4 is 11.1 Å². The van der Waals surface area contributed by atoms with E-state index in [9.17, 15) is 4.21 Å². The molecule has 0 saturated carbocycles. The van der Waals surface area contributed by atoms with Gasteiger partial charge in [-0.2, -0.15) is 0 Å². The first-order valence-corrected chi connectivity index (χ1v) is 4.35. The molecule has 1 aromatic rings. The summed E-state index contributed by atoms with van der Waals surface area (Å²) in [4.78, 5) is 0. The van der Waals surface area contributed by atoms with Gasteiger partial charge < -0.3 is 14.8 Å². The fourth-order valence-electron chi connectivity index (χ4n) is 0.805. The highest BCUT2D eigenvalue weighted by molar-refractivity contribution is 7.79. The summed E-state index contributed by atoms with van der Waals surface area (Å²) in [5.41, 5.74) is -1.50. The Morgan fingerprint density at radius 1 is 1.33 bits per heavy atom. The molecule has 0 bridgehead atoms. The molecule has 3 N–H and O–H groups in total. The number of aliphatic hydroxyl groups is 1. The molecule has 0 fully saturated rings. The van der Waals surface area contributed by atoms with Crippen molar-refractivity contribution in [1.82, 2.24) is 0 Å². The predicted octanol–water partition coefficient (Wildman–Crippen LogP) is 0.605. The second kappa shape index (κ2) is 3.66. The number of hydrogen-bond acceptors (Lipinski definition) is 3. The Kier molecular flexibility index (Phi) is 2.80. The van der Waals surface area contributed by atoms with Crippen LogP contribution >= 0.6 is 0 Å². The first kappa shape index (κ1) is 9.18. The van der Waals surface area contributed by atoms with Crippen LogP contribution in [0.5, 0.6) is 5.75 Å². The molecule has 0 aliphatic carbocycles. The van der Waals surface area contributed by atoms with Gasteiger partial charge >= 0.3 is 0 Å². The summed E-state index contributed by atoms with van der Waals surface area (Å²) in [7, 11) is 0. The second-order valence-corrected chi connectivity index (χ2v) is 3.19. The van der Waals surface area contributed by atoms with Crippen LogP contribution in [0.2, 0.25) is 0 Å². The molecule has 0 aromatic heterocycles. The van der Waals surface area contributed by atoms with Crippen LogP contribution < -0.4 is 0 Å². The maximum absolute atomic E-state index is 10.4. The minimum Gasteiger partial charge on any atom is -0.508 e. The van der Waals surface area contributed by atoms with Gasteiger partial charge in [0.2, 0.25) is 0 Å². The number of hydrogen-bond donors (Lipinski definition) is 3. The Morgan fingerprint density at radius 3 is 2.42 bits per heavy atom. The maximum Gasteiger partial charge on any atom is 0.187 e. The van der Waals surface area contributed by atoms with Crippen LogP contribution in [-0.2, 0) is 11.1 Å². The monoisotopic (exact) mass is 188 g/mol. The highest BCUT2D eigenvalue weighted by Gasteiger charge is 2.16. The summed E-state index contributed by atoms with van der Waals surface area (Å²) in [5.74, 6) is -0.188. The van der Waals surface area contributed by atoms with E-state index in [1.165, 1.54) is 12.1 Å². The molecule has 12 heavy (non-hydrogen) atoms. The molecule has 0 aliphatic rings. The lowest BCUT2D eigenvalue weighted by Gasteiger charge is -2.07. The van der Waals surface area contributed by atoms with E-state index in [1.807, 2.05) is 0 Å². The SMILES string of the molecule is O=S(O)C(O)c1ccccc1O. The highest BCUT2D eigenvalue weighted by atomic mass is 32.2. The molecule has 0 amide bonds. The average Bonchev–Trinajstić information content (AvgIpc) is 2.04. The van der Waals surface area contributed by atoms with Crippen LogP contribution in [0.1, 0.15) is 11.0 Å². The minimum atomic E-state index is -2.38. The van der Waals surface area contributed by atoms with E-state index in [2.05, 4.69) is 0 Å². The third-order valence-electron chi connectivity index (χ3n) is 1.39. The van der Waals surface area contributed by atoms with Gasteiger partial charge in [-0.05, 0) is 6.07 Å². The van der Waals surface area contributed by atoms with Gasteiger partial charge in [0.1, 0.15) is 5.75 Å². The Hall–Kier alpha value is -0.910. The van der Waals surface area contributed by atoms with E-state index in [-0.39, 0.29) is 11.3 Å². The van der Waals surface area contributed by atoms with Crippen molar-refractivity contribution in [2.45, 2.75) is 5.44 Å². The van der Waals surface area contributed by atoms with Gasteiger partial charge in [-0.3, -0.25) is 0 Å². The van der Waals surface area contributed by atoms with Crippen LogP contribution in [-0.4, -0.2) is 19.0 Å². The van der Waals surface area contributed by atoms with Gasteiger partial charge in [0, 0.05) is 5.56 Å². The predicted molar refractivity (Wildman–Crippen MR) is 43.8 cm³/mol. The van der Waals surface area contributed by atoms with E-state index in [0.717, 1.165) is 0 Å². The van der Waals surface area contributed by atoms with Gasteiger partial charge in [-0.25, -0.2) is 4.21 Å². The zero-order valence-electron chi connectivity index (χ0n) is 6.04. The Labute approximate surface area is 71.8 Å². The lowest BCUT2D eigenvalue weighted by atomic mass is 10.2. The van der Waals surface area contributed by atoms with Gasteiger partial charge in [-0.1, -0.05) is 18.2 Å². The van der Waals surface area contributed by atoms with Gasteiger partial charge in [0.05, 0.1) is 0 Å². The third kappa shape index (κ3) is 1.82. The van der Waals surface area contributed by atoms with Crippen LogP contribution in [0.4, 0.5) is 0 Å². The molecular weight excluding hydrogens is 180 g/mol. The van der Waals surface area contributed by atoms with E-state index in [1.54, 1.807) is 12.1 Å². The molecule has 2 unspecified atom stereocenters. The molecule has 4 nitrogen and oxygen atoms in total. The molecule has 0 heterocycles. The Bertz CT molecular complexity index is 299. The molecule has 0 aliphatic heterocycles. The highest BCUT2D eigenvalue weighted by Crippen LogP contribution is 2.24. The van der Waals surface area contributed by atoms with Crippen molar-refractivity contribution in [1.29, 1.82) is 0 Å².